The topological polar surface area (TPSA) is 12.0 Å². The Morgan fingerprint density at radius 2 is 2.00 bits per heavy atom. The van der Waals surface area contributed by atoms with E-state index in [1.54, 1.807) is 0 Å². The molecule has 0 radical (unpaired) electrons. The van der Waals surface area contributed by atoms with Gasteiger partial charge in [-0.1, -0.05) is 13.0 Å². The van der Waals surface area contributed by atoms with E-state index in [-0.39, 0.29) is 12.4 Å². The van der Waals surface area contributed by atoms with Gasteiger partial charge in [-0.25, -0.2) is 0 Å². The zero-order valence-electron chi connectivity index (χ0n) is 6.40. The van der Waals surface area contributed by atoms with Gasteiger partial charge in [0.05, 0.1) is 0 Å². The number of hydrogen-bond acceptors (Lipinski definition) is 1. The van der Waals surface area contributed by atoms with Crippen LogP contribution in [-0.2, 0) is 0 Å². The van der Waals surface area contributed by atoms with Crippen molar-refractivity contribution in [3.05, 3.63) is 11.8 Å². The van der Waals surface area contributed by atoms with Crippen molar-refractivity contribution in [2.24, 2.45) is 0 Å². The smallest absolute Gasteiger partial charge is 0.0115 e. The molecular formula is C7H16ClN. The van der Waals surface area contributed by atoms with Gasteiger partial charge in [0, 0.05) is 12.2 Å². The van der Waals surface area contributed by atoms with E-state index in [9.17, 15) is 0 Å². The van der Waals surface area contributed by atoms with Crippen molar-refractivity contribution in [3.63, 3.8) is 0 Å². The molecule has 1 N–H and O–H groups in total. The lowest BCUT2D eigenvalue weighted by Gasteiger charge is -1.99. The summed E-state index contributed by atoms with van der Waals surface area (Å²) in [5, 5.41) is 3.21. The Morgan fingerprint density at radius 3 is 2.33 bits per heavy atom. The number of allylic oxidation sites excluding steroid dienone is 2. The quantitative estimate of drug-likeness (QED) is 0.650. The van der Waals surface area contributed by atoms with Gasteiger partial charge in [0.2, 0.25) is 0 Å². The maximum atomic E-state index is 3.21. The van der Waals surface area contributed by atoms with Crippen LogP contribution < -0.4 is 5.32 Å². The van der Waals surface area contributed by atoms with Crippen LogP contribution in [-0.4, -0.2) is 6.54 Å². The summed E-state index contributed by atoms with van der Waals surface area (Å²) in [6.45, 7) is 7.36. The third kappa shape index (κ3) is 7.83. The summed E-state index contributed by atoms with van der Waals surface area (Å²) in [6, 6.07) is 0. The van der Waals surface area contributed by atoms with Gasteiger partial charge in [-0.2, -0.15) is 0 Å². The molecule has 0 unspecified atom stereocenters. The minimum atomic E-state index is 0. The molecule has 0 amide bonds. The van der Waals surface area contributed by atoms with Crippen molar-refractivity contribution in [2.75, 3.05) is 6.54 Å². The predicted molar refractivity (Wildman–Crippen MR) is 45.0 cm³/mol. The summed E-state index contributed by atoms with van der Waals surface area (Å²) in [5.41, 5.74) is 1.29. The molecule has 0 aromatic carbocycles. The Balaban J connectivity index is 0. The van der Waals surface area contributed by atoms with Crippen molar-refractivity contribution >= 4 is 12.4 Å². The summed E-state index contributed by atoms with van der Waals surface area (Å²) in [6.07, 6.45) is 3.31. The Labute approximate surface area is 63.9 Å². The highest BCUT2D eigenvalue weighted by atomic mass is 35.5. The van der Waals surface area contributed by atoms with Crippen LogP contribution in [0.4, 0.5) is 0 Å². The van der Waals surface area contributed by atoms with Gasteiger partial charge in [-0.15, -0.1) is 12.4 Å². The number of nitrogens with one attached hydrogen (secondary N) is 1. The van der Waals surface area contributed by atoms with E-state index in [2.05, 4.69) is 32.2 Å². The second-order valence-electron chi connectivity index (χ2n) is 1.83. The predicted octanol–water partition coefficient (Wildman–Crippen LogP) is 2.33. The minimum absolute atomic E-state index is 0. The Morgan fingerprint density at radius 1 is 1.44 bits per heavy atom. The molecule has 0 fully saturated rings. The van der Waals surface area contributed by atoms with Crippen LogP contribution in [0.15, 0.2) is 11.8 Å². The van der Waals surface area contributed by atoms with Gasteiger partial charge < -0.3 is 5.32 Å². The van der Waals surface area contributed by atoms with Crippen molar-refractivity contribution in [1.29, 1.82) is 0 Å². The molecule has 0 rings (SSSR count). The first-order chi connectivity index (χ1) is 3.81. The molecule has 0 spiro atoms. The molecule has 0 aliphatic rings. The zero-order valence-corrected chi connectivity index (χ0v) is 7.22. The van der Waals surface area contributed by atoms with Gasteiger partial charge in [0.1, 0.15) is 0 Å². The molecule has 0 heterocycles. The molecular weight excluding hydrogens is 134 g/mol. The molecule has 9 heavy (non-hydrogen) atoms. The second kappa shape index (κ2) is 7.83. The van der Waals surface area contributed by atoms with E-state index in [1.165, 1.54) is 5.70 Å². The maximum absolute atomic E-state index is 3.21. The zero-order chi connectivity index (χ0) is 6.41. The molecule has 56 valence electrons. The molecule has 0 aromatic heterocycles. The van der Waals surface area contributed by atoms with Gasteiger partial charge in [-0.05, 0) is 20.3 Å². The SMILES string of the molecule is CC/C=C(\C)NCC.Cl. The minimum Gasteiger partial charge on any atom is -0.389 e. The lowest BCUT2D eigenvalue weighted by molar-refractivity contribution is 0.845. The second-order valence-corrected chi connectivity index (χ2v) is 1.83. The first-order valence-corrected chi connectivity index (χ1v) is 3.21. The van der Waals surface area contributed by atoms with Crippen molar-refractivity contribution in [2.45, 2.75) is 27.2 Å². The number of halogens is 1. The first kappa shape index (κ1) is 11.6. The summed E-state index contributed by atoms with van der Waals surface area (Å²) >= 11 is 0. The average molecular weight is 150 g/mol. The summed E-state index contributed by atoms with van der Waals surface area (Å²) < 4.78 is 0. The molecule has 0 aromatic rings. The van der Waals surface area contributed by atoms with E-state index in [1.807, 2.05) is 0 Å². The molecule has 0 bridgehead atoms. The van der Waals surface area contributed by atoms with Gasteiger partial charge in [-0.3, -0.25) is 0 Å². The molecule has 1 nitrogen and oxygen atoms in total. The fourth-order valence-corrected chi connectivity index (χ4v) is 0.657. The summed E-state index contributed by atoms with van der Waals surface area (Å²) in [5.74, 6) is 0. The van der Waals surface area contributed by atoms with Crippen LogP contribution >= 0.6 is 12.4 Å². The lowest BCUT2D eigenvalue weighted by atomic mass is 10.3. The monoisotopic (exact) mass is 149 g/mol. The Bertz CT molecular complexity index is 79.0. The fraction of sp³-hybridized carbons (Fsp3) is 0.714. The van der Waals surface area contributed by atoms with E-state index < -0.39 is 0 Å². The third-order valence-corrected chi connectivity index (χ3v) is 0.966. The highest BCUT2D eigenvalue weighted by Gasteiger charge is 1.78. The van der Waals surface area contributed by atoms with Crippen molar-refractivity contribution in [1.82, 2.24) is 5.32 Å². The first-order valence-electron chi connectivity index (χ1n) is 3.21. The van der Waals surface area contributed by atoms with Gasteiger partial charge in [0.15, 0.2) is 0 Å². The molecule has 0 aliphatic carbocycles. The van der Waals surface area contributed by atoms with Crippen LogP contribution in [0.1, 0.15) is 27.2 Å². The number of rotatable bonds is 3. The van der Waals surface area contributed by atoms with Crippen LogP contribution in [0.25, 0.3) is 0 Å². The van der Waals surface area contributed by atoms with Gasteiger partial charge in [0.25, 0.3) is 0 Å². The van der Waals surface area contributed by atoms with Crippen LogP contribution in [0.5, 0.6) is 0 Å². The van der Waals surface area contributed by atoms with E-state index in [0.717, 1.165) is 13.0 Å². The summed E-state index contributed by atoms with van der Waals surface area (Å²) in [7, 11) is 0. The molecule has 0 saturated carbocycles. The Hall–Kier alpha value is -0.170. The van der Waals surface area contributed by atoms with Crippen molar-refractivity contribution < 1.29 is 0 Å². The highest BCUT2D eigenvalue weighted by Crippen LogP contribution is 1.87. The van der Waals surface area contributed by atoms with Crippen LogP contribution in [0.2, 0.25) is 0 Å². The fourth-order valence-electron chi connectivity index (χ4n) is 0.657. The molecule has 0 atom stereocenters. The van der Waals surface area contributed by atoms with Crippen LogP contribution in [0.3, 0.4) is 0 Å². The average Bonchev–Trinajstić information content (AvgIpc) is 1.68. The standard InChI is InChI=1S/C7H15N.ClH/c1-4-6-7(3)8-5-2;/h6,8H,4-5H2,1-3H3;1H/b7-6+;. The molecule has 2 heteroatoms. The van der Waals surface area contributed by atoms with E-state index in [0.29, 0.717) is 0 Å². The maximum Gasteiger partial charge on any atom is 0.0115 e. The van der Waals surface area contributed by atoms with E-state index >= 15 is 0 Å². The molecule has 0 aliphatic heterocycles. The van der Waals surface area contributed by atoms with Crippen LogP contribution in [0, 0.1) is 0 Å². The summed E-state index contributed by atoms with van der Waals surface area (Å²) in [4.78, 5) is 0. The van der Waals surface area contributed by atoms with E-state index in [4.69, 9.17) is 0 Å². The normalized spacial score (nSPS) is 10.3. The van der Waals surface area contributed by atoms with Crippen molar-refractivity contribution in [3.8, 4) is 0 Å². The highest BCUT2D eigenvalue weighted by molar-refractivity contribution is 5.85. The molecule has 0 saturated heterocycles. The third-order valence-electron chi connectivity index (χ3n) is 0.966. The largest absolute Gasteiger partial charge is 0.389 e. The lowest BCUT2D eigenvalue weighted by Crippen LogP contribution is -2.08. The Kier molecular flexibility index (Phi) is 10.1. The number of hydrogen-bond donors (Lipinski definition) is 1. The van der Waals surface area contributed by atoms with Gasteiger partial charge >= 0.3 is 0 Å².